The molecule has 1 atom stereocenters. The molecule has 0 heterocycles. The number of rotatable bonds is 6. The van der Waals surface area contributed by atoms with E-state index in [-0.39, 0.29) is 0 Å². The van der Waals surface area contributed by atoms with Gasteiger partial charge in [0.15, 0.2) is 0 Å². The summed E-state index contributed by atoms with van der Waals surface area (Å²) in [6, 6.07) is 8.95. The molecule has 0 aliphatic rings. The van der Waals surface area contributed by atoms with Crippen LogP contribution in [-0.2, 0) is 6.42 Å². The summed E-state index contributed by atoms with van der Waals surface area (Å²) in [6.07, 6.45) is 6.55. The van der Waals surface area contributed by atoms with Crippen LogP contribution in [0.2, 0.25) is 0 Å². The minimum atomic E-state index is 1.01. The van der Waals surface area contributed by atoms with Gasteiger partial charge in [-0.1, -0.05) is 59.5 Å². The molecule has 0 radical (unpaired) electrons. The summed E-state index contributed by atoms with van der Waals surface area (Å²) < 4.78 is 0. The lowest BCUT2D eigenvalue weighted by atomic mass is 10.1. The summed E-state index contributed by atoms with van der Waals surface area (Å²) in [6.45, 7) is 4.53. The Morgan fingerprint density at radius 3 is 2.57 bits per heavy atom. The molecule has 0 spiro atoms. The second kappa shape index (κ2) is 7.01. The van der Waals surface area contributed by atoms with Crippen molar-refractivity contribution in [2.24, 2.45) is 0 Å². The molecule has 1 aromatic rings. The first kappa shape index (κ1) is 11.7. The fourth-order valence-electron chi connectivity index (χ4n) is 1.54. The second-order valence-electron chi connectivity index (χ2n) is 3.69. The molecular weight excluding hydrogens is 187 g/mol. The predicted octanol–water partition coefficient (Wildman–Crippen LogP) is 3.74. The van der Waals surface area contributed by atoms with Gasteiger partial charge in [0.25, 0.3) is 0 Å². The van der Waals surface area contributed by atoms with Crippen LogP contribution < -0.4 is 5.30 Å². The molecule has 14 heavy (non-hydrogen) atoms. The highest BCUT2D eigenvalue weighted by Crippen LogP contribution is 2.16. The highest BCUT2D eigenvalue weighted by molar-refractivity contribution is 7.47. The van der Waals surface area contributed by atoms with Crippen LogP contribution in [0.4, 0.5) is 0 Å². The molecule has 1 rings (SSSR count). The summed E-state index contributed by atoms with van der Waals surface area (Å²) in [5, 5.41) is 1.60. The Hall–Kier alpha value is -0.350. The summed E-state index contributed by atoms with van der Waals surface area (Å²) in [7, 11) is 1.01. The Labute approximate surface area is 89.9 Å². The summed E-state index contributed by atoms with van der Waals surface area (Å²) in [4.78, 5) is 0. The third-order valence-electron chi connectivity index (χ3n) is 2.38. The van der Waals surface area contributed by atoms with Gasteiger partial charge in [-0.25, -0.2) is 0 Å². The molecule has 0 aromatic heterocycles. The van der Waals surface area contributed by atoms with Crippen molar-refractivity contribution in [1.82, 2.24) is 0 Å². The van der Waals surface area contributed by atoms with Crippen LogP contribution in [0.5, 0.6) is 0 Å². The predicted molar refractivity (Wildman–Crippen MR) is 68.2 cm³/mol. The van der Waals surface area contributed by atoms with Gasteiger partial charge in [0.05, 0.1) is 0 Å². The third-order valence-corrected chi connectivity index (χ3v) is 4.00. The van der Waals surface area contributed by atoms with Crippen molar-refractivity contribution in [3.63, 3.8) is 0 Å². The zero-order chi connectivity index (χ0) is 10.2. The van der Waals surface area contributed by atoms with Crippen molar-refractivity contribution in [2.75, 3.05) is 6.16 Å². The van der Waals surface area contributed by atoms with Crippen molar-refractivity contribution in [3.8, 4) is 0 Å². The van der Waals surface area contributed by atoms with E-state index in [9.17, 15) is 0 Å². The Morgan fingerprint density at radius 2 is 1.86 bits per heavy atom. The normalized spacial score (nSPS) is 11.3. The quantitative estimate of drug-likeness (QED) is 0.625. The number of hydrogen-bond donors (Lipinski definition) is 0. The van der Waals surface area contributed by atoms with Gasteiger partial charge in [-0.3, -0.25) is 0 Å². The van der Waals surface area contributed by atoms with Gasteiger partial charge in [0.2, 0.25) is 0 Å². The lowest BCUT2D eigenvalue weighted by Gasteiger charge is -2.08. The van der Waals surface area contributed by atoms with Crippen molar-refractivity contribution in [2.45, 2.75) is 39.5 Å². The van der Waals surface area contributed by atoms with E-state index in [1.807, 2.05) is 0 Å². The molecule has 0 amide bonds. The van der Waals surface area contributed by atoms with E-state index in [4.69, 9.17) is 0 Å². The molecule has 78 valence electrons. The molecule has 0 saturated heterocycles. The van der Waals surface area contributed by atoms with Crippen molar-refractivity contribution in [1.29, 1.82) is 0 Å². The monoisotopic (exact) mass is 208 g/mol. The number of hydrogen-bond acceptors (Lipinski definition) is 0. The van der Waals surface area contributed by atoms with E-state index in [1.54, 1.807) is 10.9 Å². The van der Waals surface area contributed by atoms with E-state index < -0.39 is 0 Å². The number of benzene rings is 1. The van der Waals surface area contributed by atoms with Crippen molar-refractivity contribution in [3.05, 3.63) is 29.8 Å². The van der Waals surface area contributed by atoms with Crippen LogP contribution in [0.1, 0.15) is 38.7 Å². The van der Waals surface area contributed by atoms with Gasteiger partial charge in [0.1, 0.15) is 0 Å². The lowest BCUT2D eigenvalue weighted by molar-refractivity contribution is 0.798. The molecule has 0 saturated carbocycles. The number of aryl methyl sites for hydroxylation is 1. The van der Waals surface area contributed by atoms with Gasteiger partial charge in [-0.2, -0.15) is 0 Å². The molecule has 0 N–H and O–H groups in total. The maximum atomic E-state index is 2.30. The Morgan fingerprint density at radius 1 is 1.07 bits per heavy atom. The maximum absolute atomic E-state index is 2.30. The van der Waals surface area contributed by atoms with Crippen LogP contribution >= 0.6 is 8.58 Å². The molecule has 0 aliphatic heterocycles. The second-order valence-corrected chi connectivity index (χ2v) is 5.08. The first-order valence-corrected chi connectivity index (χ1v) is 6.91. The number of unbranched alkanes of at least 4 members (excludes halogenated alkanes) is 1. The van der Waals surface area contributed by atoms with Gasteiger partial charge in [-0.15, -0.1) is 0 Å². The third kappa shape index (κ3) is 3.80. The largest absolute Gasteiger partial charge is 0.0901 e. The fourth-order valence-corrected chi connectivity index (χ4v) is 2.71. The highest BCUT2D eigenvalue weighted by atomic mass is 31.1. The van der Waals surface area contributed by atoms with Gasteiger partial charge < -0.3 is 0 Å². The maximum Gasteiger partial charge on any atom is -0.0240 e. The van der Waals surface area contributed by atoms with E-state index in [2.05, 4.69) is 38.1 Å². The van der Waals surface area contributed by atoms with Crippen LogP contribution in [0.25, 0.3) is 0 Å². The van der Waals surface area contributed by atoms with Crippen LogP contribution in [0.3, 0.4) is 0 Å². The van der Waals surface area contributed by atoms with E-state index >= 15 is 0 Å². The fraction of sp³-hybridized carbons (Fsp3) is 0.538. The highest BCUT2D eigenvalue weighted by Gasteiger charge is 1.99. The Balaban J connectivity index is 2.60. The molecule has 1 unspecified atom stereocenters. The average molecular weight is 208 g/mol. The molecule has 0 bridgehead atoms. The Bertz CT molecular complexity index is 228. The smallest absolute Gasteiger partial charge is 0.0240 e. The summed E-state index contributed by atoms with van der Waals surface area (Å²) in [5.74, 6) is 0. The van der Waals surface area contributed by atoms with Gasteiger partial charge in [0, 0.05) is 0 Å². The zero-order valence-corrected chi connectivity index (χ0v) is 10.3. The van der Waals surface area contributed by atoms with Crippen LogP contribution in [0.15, 0.2) is 24.3 Å². The van der Waals surface area contributed by atoms with E-state index in [0.29, 0.717) is 0 Å². The zero-order valence-electron chi connectivity index (χ0n) is 9.34. The first-order chi connectivity index (χ1) is 6.88. The molecule has 1 aromatic carbocycles. The lowest BCUT2D eigenvalue weighted by Crippen LogP contribution is -2.04. The molecule has 0 fully saturated rings. The molecule has 0 nitrogen and oxygen atoms in total. The van der Waals surface area contributed by atoms with Gasteiger partial charge >= 0.3 is 0 Å². The van der Waals surface area contributed by atoms with Crippen LogP contribution in [-0.4, -0.2) is 6.16 Å². The van der Waals surface area contributed by atoms with Crippen molar-refractivity contribution < 1.29 is 0 Å². The standard InChI is InChI=1S/C13H21P/c1-3-5-8-12-9-6-7-10-13(12)14-11-4-2/h6-7,9-10,14H,3-5,8,11H2,1-2H3. The molecule has 1 heteroatoms. The van der Waals surface area contributed by atoms with E-state index in [0.717, 1.165) is 8.58 Å². The molecule has 0 aliphatic carbocycles. The Kier molecular flexibility index (Phi) is 5.87. The minimum absolute atomic E-state index is 1.01. The van der Waals surface area contributed by atoms with Crippen molar-refractivity contribution >= 4 is 13.9 Å². The van der Waals surface area contributed by atoms with E-state index in [1.165, 1.54) is 31.8 Å². The first-order valence-electron chi connectivity index (χ1n) is 5.70. The van der Waals surface area contributed by atoms with Gasteiger partial charge in [-0.05, 0) is 29.9 Å². The topological polar surface area (TPSA) is 0 Å². The summed E-state index contributed by atoms with van der Waals surface area (Å²) in [5.41, 5.74) is 1.58. The average Bonchev–Trinajstić information content (AvgIpc) is 2.24. The summed E-state index contributed by atoms with van der Waals surface area (Å²) >= 11 is 0. The van der Waals surface area contributed by atoms with Crippen LogP contribution in [0, 0.1) is 0 Å². The SMILES string of the molecule is CCCCc1ccccc1PCCC. The minimum Gasteiger partial charge on any atom is -0.0901 e. The molecular formula is C13H21P.